The Bertz CT molecular complexity index is 69.6. The van der Waals surface area contributed by atoms with E-state index in [1.165, 1.54) is 0 Å². The molecule has 56 valence electrons. The normalized spacial score (nSPS) is 4.80. The first-order valence-electron chi connectivity index (χ1n) is 1.10. The molecule has 0 aromatic heterocycles. The predicted octanol–water partition coefficient (Wildman–Crippen LogP) is -1.31. The third kappa shape index (κ3) is 558. The molecule has 0 fully saturated rings. The van der Waals surface area contributed by atoms with E-state index in [1.807, 2.05) is 0 Å². The van der Waals surface area contributed by atoms with Gasteiger partial charge in [-0.1, -0.05) is 0 Å². The summed E-state index contributed by atoms with van der Waals surface area (Å²) in [5, 5.41) is 29.5. The molecule has 10 heavy (non-hydrogen) atoms. The maximum Gasteiger partial charge on any atom is 2.00 e. The summed E-state index contributed by atoms with van der Waals surface area (Å²) in [6.07, 6.45) is 0. The van der Waals surface area contributed by atoms with Gasteiger partial charge in [0, 0.05) is 0 Å². The molecule has 0 aliphatic rings. The van der Waals surface area contributed by atoms with Gasteiger partial charge in [0.15, 0.2) is 0 Å². The van der Waals surface area contributed by atoms with Gasteiger partial charge in [0.05, 0.1) is 10.2 Å². The zero-order chi connectivity index (χ0) is 7.15. The van der Waals surface area contributed by atoms with Gasteiger partial charge in [-0.05, 0) is 0 Å². The Morgan fingerprint density at radius 1 is 0.800 bits per heavy atom. The average Bonchev–Trinajstić information content (AvgIpc) is 1.25. The van der Waals surface area contributed by atoms with Crippen molar-refractivity contribution in [2.75, 3.05) is 0 Å². The molecule has 0 amide bonds. The third-order valence-corrected chi connectivity index (χ3v) is 0. The summed E-state index contributed by atoms with van der Waals surface area (Å²) in [4.78, 5) is 16.5. The molecule has 0 rings (SSSR count). The first-order chi connectivity index (χ1) is 3.46. The van der Waals surface area contributed by atoms with Crippen LogP contribution < -0.4 is 0 Å². The van der Waals surface area contributed by atoms with Gasteiger partial charge in [-0.25, -0.2) is 0 Å². The molecule has 0 saturated carbocycles. The molecule has 10 heteroatoms. The quantitative estimate of drug-likeness (QED) is 0.296. The molecule has 0 atom stereocenters. The van der Waals surface area contributed by atoms with E-state index < -0.39 is 10.2 Å². The van der Waals surface area contributed by atoms with E-state index in [1.54, 1.807) is 0 Å². The molecule has 0 aromatic carbocycles. The number of hydrogen-bond donors (Lipinski definition) is 0. The van der Waals surface area contributed by atoms with Crippen LogP contribution in [0.4, 0.5) is 0 Å². The second-order valence-electron chi connectivity index (χ2n) is 0.447. The Hall–Kier alpha value is -0.718. The smallest absolute Gasteiger partial charge is 0.412 e. The second-order valence-corrected chi connectivity index (χ2v) is 0.447. The van der Waals surface area contributed by atoms with Crippen molar-refractivity contribution in [2.45, 2.75) is 0 Å². The minimum atomic E-state index is -1.75. The van der Waals surface area contributed by atoms with Crippen molar-refractivity contribution in [1.29, 1.82) is 0 Å². The van der Waals surface area contributed by atoms with Gasteiger partial charge < -0.3 is 36.1 Å². The summed E-state index contributed by atoms with van der Waals surface area (Å²) in [5.41, 5.74) is 0. The first-order valence-corrected chi connectivity index (χ1v) is 1.10. The van der Waals surface area contributed by atoms with E-state index in [-0.39, 0.29) is 32.8 Å². The Labute approximate surface area is 73.9 Å². The van der Waals surface area contributed by atoms with Crippen molar-refractivity contribution in [1.82, 2.24) is 0 Å². The molecule has 0 unspecified atom stereocenters. The zero-order valence-corrected chi connectivity index (χ0v) is 8.59. The van der Waals surface area contributed by atoms with E-state index in [9.17, 15) is 0 Å². The van der Waals surface area contributed by atoms with Crippen LogP contribution in [-0.2, 0) is 27.3 Å². The van der Waals surface area contributed by atoms with Crippen LogP contribution in [-0.4, -0.2) is 15.6 Å². The standard InChI is InChI=1S/Cd.2NO3.H2O/c;2*2-1(3)4;/h;;;1H2/q+2;2*-1;. The third-order valence-electron chi connectivity index (χ3n) is 0. The summed E-state index contributed by atoms with van der Waals surface area (Å²) in [5.74, 6) is 0. The maximum atomic E-state index is 8.25. The Balaban J connectivity index is -0.0000000300. The fourth-order valence-electron chi connectivity index (χ4n) is 0. The fourth-order valence-corrected chi connectivity index (χ4v) is 0. The Morgan fingerprint density at radius 3 is 0.800 bits per heavy atom. The Morgan fingerprint density at radius 2 is 0.800 bits per heavy atom. The fraction of sp³-hybridized carbons (Fsp3) is 0. The van der Waals surface area contributed by atoms with Crippen molar-refractivity contribution >= 4 is 0 Å². The van der Waals surface area contributed by atoms with Crippen molar-refractivity contribution in [3.63, 3.8) is 0 Å². The van der Waals surface area contributed by atoms with Crippen molar-refractivity contribution in [3.05, 3.63) is 30.6 Å². The van der Waals surface area contributed by atoms with Crippen molar-refractivity contribution < 1.29 is 42.9 Å². The second kappa shape index (κ2) is 15.7. The minimum Gasteiger partial charge on any atom is -0.412 e. The predicted molar refractivity (Wildman–Crippen MR) is 24.3 cm³/mol. The molecule has 0 radical (unpaired) electrons. The number of hydrogen-bond acceptors (Lipinski definition) is 6. The molecule has 0 saturated heterocycles. The van der Waals surface area contributed by atoms with Gasteiger partial charge in [-0.15, -0.1) is 0 Å². The zero-order valence-electron chi connectivity index (χ0n) is 4.55. The SMILES string of the molecule is O.O=[N+]([O-])[O-].O=[N+]([O-])[O-].[Cd+2]. The molecule has 0 spiro atoms. The van der Waals surface area contributed by atoms with Gasteiger partial charge in [-0.3, -0.25) is 0 Å². The van der Waals surface area contributed by atoms with Crippen LogP contribution in [0.3, 0.4) is 0 Å². The van der Waals surface area contributed by atoms with E-state index in [0.717, 1.165) is 0 Å². The number of rotatable bonds is 0. The topological polar surface area (TPSA) is 164 Å². The van der Waals surface area contributed by atoms with E-state index in [0.29, 0.717) is 0 Å². The molecular weight excluding hydrogens is 252 g/mol. The summed E-state index contributed by atoms with van der Waals surface area (Å²) in [7, 11) is 0. The maximum absolute atomic E-state index is 8.25. The summed E-state index contributed by atoms with van der Waals surface area (Å²) in [6, 6.07) is 0. The molecule has 0 bridgehead atoms. The first kappa shape index (κ1) is 22.8. The van der Waals surface area contributed by atoms with Crippen LogP contribution in [0.15, 0.2) is 0 Å². The molecular formula is H2CdN2O7. The summed E-state index contributed by atoms with van der Waals surface area (Å²) in [6.45, 7) is 0. The van der Waals surface area contributed by atoms with E-state index in [2.05, 4.69) is 0 Å². The molecule has 2 N–H and O–H groups in total. The van der Waals surface area contributed by atoms with Gasteiger partial charge in [-0.2, -0.15) is 0 Å². The molecule has 0 aliphatic carbocycles. The van der Waals surface area contributed by atoms with Crippen LogP contribution in [0.1, 0.15) is 0 Å². The van der Waals surface area contributed by atoms with Gasteiger partial charge >= 0.3 is 27.3 Å². The van der Waals surface area contributed by atoms with Crippen LogP contribution in [0.5, 0.6) is 0 Å². The van der Waals surface area contributed by atoms with E-state index >= 15 is 0 Å². The largest absolute Gasteiger partial charge is 2.00 e. The van der Waals surface area contributed by atoms with Crippen LogP contribution in [0.2, 0.25) is 0 Å². The van der Waals surface area contributed by atoms with E-state index in [4.69, 9.17) is 30.6 Å². The van der Waals surface area contributed by atoms with Gasteiger partial charge in [0.25, 0.3) is 0 Å². The summed E-state index contributed by atoms with van der Waals surface area (Å²) >= 11 is 0. The van der Waals surface area contributed by atoms with Crippen molar-refractivity contribution in [2.24, 2.45) is 0 Å². The minimum absolute atomic E-state index is 0. The molecule has 9 nitrogen and oxygen atoms in total. The van der Waals surface area contributed by atoms with Crippen molar-refractivity contribution in [3.8, 4) is 0 Å². The van der Waals surface area contributed by atoms with Crippen LogP contribution in [0, 0.1) is 30.6 Å². The summed E-state index contributed by atoms with van der Waals surface area (Å²) < 4.78 is 0. The Kier molecular flexibility index (Phi) is 35.9. The average molecular weight is 254 g/mol. The number of nitrogens with zero attached hydrogens (tertiary/aromatic N) is 2. The van der Waals surface area contributed by atoms with Crippen LogP contribution in [0.25, 0.3) is 0 Å². The molecule has 0 heterocycles. The van der Waals surface area contributed by atoms with Crippen LogP contribution >= 0.6 is 0 Å². The van der Waals surface area contributed by atoms with Gasteiger partial charge in [0.2, 0.25) is 0 Å². The molecule has 0 aliphatic heterocycles. The van der Waals surface area contributed by atoms with Gasteiger partial charge in [0.1, 0.15) is 0 Å². The molecule has 0 aromatic rings. The monoisotopic (exact) mass is 256 g/mol.